The molecular weight excluding hydrogens is 238 g/mol. The first-order valence-corrected chi connectivity index (χ1v) is 7.32. The second kappa shape index (κ2) is 6.74. The van der Waals surface area contributed by atoms with Crippen LogP contribution in [0.3, 0.4) is 0 Å². The summed E-state index contributed by atoms with van der Waals surface area (Å²) in [7, 11) is 0. The number of amides is 1. The van der Waals surface area contributed by atoms with E-state index in [1.54, 1.807) is 11.8 Å². The van der Waals surface area contributed by atoms with Crippen LogP contribution in [0.15, 0.2) is 5.16 Å². The molecule has 1 aliphatic rings. The molecule has 1 saturated carbocycles. The van der Waals surface area contributed by atoms with Gasteiger partial charge in [-0.3, -0.25) is 4.79 Å². The number of rotatable bonds is 6. The maximum absolute atomic E-state index is 12.1. The van der Waals surface area contributed by atoms with E-state index in [1.165, 1.54) is 0 Å². The number of nitrogens with one attached hydrogen (secondary N) is 1. The summed E-state index contributed by atoms with van der Waals surface area (Å²) in [6.07, 6.45) is 6.24. The number of amidine groups is 1. The number of carbonyl (C=O) groups is 1. The molecule has 0 saturated heterocycles. The van der Waals surface area contributed by atoms with Crippen LogP contribution >= 0.6 is 11.8 Å². The van der Waals surface area contributed by atoms with Crippen molar-refractivity contribution in [2.45, 2.75) is 32.1 Å². The maximum atomic E-state index is 12.1. The number of thioether (sulfide) groups is 1. The molecular formula is C11H21N3O2S. The standard InChI is InChI=1S/C11H21N3O2S/c1-17-8-4-7-13-10(15)11(9(12)14-16)5-2-3-6-11/h16H,2-8H2,1H3,(H2,12,14)(H,13,15). The zero-order valence-corrected chi connectivity index (χ0v) is 11.1. The van der Waals surface area contributed by atoms with E-state index in [-0.39, 0.29) is 11.7 Å². The molecule has 5 nitrogen and oxygen atoms in total. The fourth-order valence-corrected chi connectivity index (χ4v) is 2.69. The SMILES string of the molecule is CSCCCNC(=O)C1(C(N)=NO)CCCC1. The van der Waals surface area contributed by atoms with Gasteiger partial charge < -0.3 is 16.3 Å². The van der Waals surface area contributed by atoms with E-state index < -0.39 is 5.41 Å². The van der Waals surface area contributed by atoms with Gasteiger partial charge in [0.2, 0.25) is 5.91 Å². The van der Waals surface area contributed by atoms with Crippen LogP contribution in [0.2, 0.25) is 0 Å². The lowest BCUT2D eigenvalue weighted by molar-refractivity contribution is -0.127. The number of hydrogen-bond donors (Lipinski definition) is 3. The lowest BCUT2D eigenvalue weighted by atomic mass is 9.84. The number of carbonyl (C=O) groups excluding carboxylic acids is 1. The molecule has 0 aromatic carbocycles. The molecule has 1 amide bonds. The van der Waals surface area contributed by atoms with Gasteiger partial charge in [0.1, 0.15) is 5.41 Å². The van der Waals surface area contributed by atoms with E-state index in [9.17, 15) is 4.79 Å². The second-order valence-corrected chi connectivity index (χ2v) is 5.36. The molecule has 0 aliphatic heterocycles. The van der Waals surface area contributed by atoms with Crippen molar-refractivity contribution >= 4 is 23.5 Å². The first kappa shape index (κ1) is 14.2. The molecule has 98 valence electrons. The van der Waals surface area contributed by atoms with E-state index in [1.807, 2.05) is 6.26 Å². The van der Waals surface area contributed by atoms with E-state index >= 15 is 0 Å². The van der Waals surface area contributed by atoms with Crippen LogP contribution in [0.4, 0.5) is 0 Å². The van der Waals surface area contributed by atoms with Gasteiger partial charge in [0.15, 0.2) is 5.84 Å². The predicted molar refractivity (Wildman–Crippen MR) is 70.3 cm³/mol. The molecule has 0 unspecified atom stereocenters. The molecule has 1 aliphatic carbocycles. The molecule has 0 aromatic rings. The van der Waals surface area contributed by atoms with Crippen molar-refractivity contribution < 1.29 is 10.0 Å². The lowest BCUT2D eigenvalue weighted by Gasteiger charge is -2.25. The largest absolute Gasteiger partial charge is 0.409 e. The number of oxime groups is 1. The van der Waals surface area contributed by atoms with Crippen molar-refractivity contribution in [2.24, 2.45) is 16.3 Å². The molecule has 0 bridgehead atoms. The van der Waals surface area contributed by atoms with Gasteiger partial charge in [0, 0.05) is 6.54 Å². The van der Waals surface area contributed by atoms with Crippen molar-refractivity contribution in [3.63, 3.8) is 0 Å². The molecule has 0 spiro atoms. The Morgan fingerprint density at radius 2 is 2.18 bits per heavy atom. The van der Waals surface area contributed by atoms with Crippen LogP contribution in [-0.4, -0.2) is 35.5 Å². The normalized spacial score (nSPS) is 19.2. The van der Waals surface area contributed by atoms with Gasteiger partial charge in [-0.25, -0.2) is 0 Å². The smallest absolute Gasteiger partial charge is 0.233 e. The van der Waals surface area contributed by atoms with Crippen molar-refractivity contribution in [1.29, 1.82) is 0 Å². The summed E-state index contributed by atoms with van der Waals surface area (Å²) in [6, 6.07) is 0. The molecule has 0 heterocycles. The topological polar surface area (TPSA) is 87.7 Å². The monoisotopic (exact) mass is 259 g/mol. The summed E-state index contributed by atoms with van der Waals surface area (Å²) in [5.74, 6) is 0.986. The minimum Gasteiger partial charge on any atom is -0.409 e. The highest BCUT2D eigenvalue weighted by molar-refractivity contribution is 7.98. The highest BCUT2D eigenvalue weighted by Crippen LogP contribution is 2.38. The molecule has 4 N–H and O–H groups in total. The fourth-order valence-electron chi connectivity index (χ4n) is 2.26. The minimum atomic E-state index is -0.770. The summed E-state index contributed by atoms with van der Waals surface area (Å²) in [5.41, 5.74) is 4.91. The minimum absolute atomic E-state index is 0.0531. The van der Waals surface area contributed by atoms with E-state index in [0.29, 0.717) is 19.4 Å². The summed E-state index contributed by atoms with van der Waals surface area (Å²) in [4.78, 5) is 12.1. The molecule has 6 heteroatoms. The Hall–Kier alpha value is -0.910. The van der Waals surface area contributed by atoms with Gasteiger partial charge >= 0.3 is 0 Å². The summed E-state index contributed by atoms with van der Waals surface area (Å²) in [6.45, 7) is 0.653. The van der Waals surface area contributed by atoms with Crippen LogP contribution in [0.1, 0.15) is 32.1 Å². The Morgan fingerprint density at radius 1 is 1.53 bits per heavy atom. The fraction of sp³-hybridized carbons (Fsp3) is 0.818. The third-order valence-electron chi connectivity index (χ3n) is 3.30. The summed E-state index contributed by atoms with van der Waals surface area (Å²) >= 11 is 1.76. The highest BCUT2D eigenvalue weighted by atomic mass is 32.2. The van der Waals surface area contributed by atoms with Crippen LogP contribution in [-0.2, 0) is 4.79 Å². The summed E-state index contributed by atoms with van der Waals surface area (Å²) in [5, 5.41) is 14.7. The van der Waals surface area contributed by atoms with Gasteiger partial charge in [-0.2, -0.15) is 11.8 Å². The Balaban J connectivity index is 2.56. The average Bonchev–Trinajstić information content (AvgIpc) is 2.84. The maximum Gasteiger partial charge on any atom is 0.233 e. The molecule has 0 aromatic heterocycles. The molecule has 1 fully saturated rings. The van der Waals surface area contributed by atoms with E-state index in [0.717, 1.165) is 25.0 Å². The summed E-state index contributed by atoms with van der Waals surface area (Å²) < 4.78 is 0. The highest BCUT2D eigenvalue weighted by Gasteiger charge is 2.45. The van der Waals surface area contributed by atoms with Gasteiger partial charge in [0.05, 0.1) is 0 Å². The van der Waals surface area contributed by atoms with E-state index in [4.69, 9.17) is 10.9 Å². The Kier molecular flexibility index (Phi) is 5.61. The van der Waals surface area contributed by atoms with Crippen LogP contribution < -0.4 is 11.1 Å². The van der Waals surface area contributed by atoms with Crippen molar-refractivity contribution in [1.82, 2.24) is 5.32 Å². The van der Waals surface area contributed by atoms with Crippen LogP contribution in [0.25, 0.3) is 0 Å². The molecule has 0 radical (unpaired) electrons. The number of hydrogen-bond acceptors (Lipinski definition) is 4. The zero-order chi connectivity index (χ0) is 12.7. The third kappa shape index (κ3) is 3.28. The Bertz CT molecular complexity index is 288. The van der Waals surface area contributed by atoms with Gasteiger partial charge in [-0.1, -0.05) is 18.0 Å². The first-order valence-electron chi connectivity index (χ1n) is 5.92. The predicted octanol–water partition coefficient (Wildman–Crippen LogP) is 1.16. The second-order valence-electron chi connectivity index (χ2n) is 4.38. The first-order chi connectivity index (χ1) is 8.17. The average molecular weight is 259 g/mol. The van der Waals surface area contributed by atoms with Crippen molar-refractivity contribution in [2.75, 3.05) is 18.6 Å². The van der Waals surface area contributed by atoms with Gasteiger partial charge in [0.25, 0.3) is 0 Å². The zero-order valence-electron chi connectivity index (χ0n) is 10.2. The lowest BCUT2D eigenvalue weighted by Crippen LogP contribution is -2.48. The quantitative estimate of drug-likeness (QED) is 0.220. The van der Waals surface area contributed by atoms with Gasteiger partial charge in [-0.15, -0.1) is 0 Å². The third-order valence-corrected chi connectivity index (χ3v) is 4.00. The van der Waals surface area contributed by atoms with Crippen LogP contribution in [0.5, 0.6) is 0 Å². The van der Waals surface area contributed by atoms with Gasteiger partial charge in [-0.05, 0) is 31.3 Å². The number of nitrogens with two attached hydrogens (primary N) is 1. The van der Waals surface area contributed by atoms with Crippen LogP contribution in [0, 0.1) is 5.41 Å². The van der Waals surface area contributed by atoms with Crippen molar-refractivity contribution in [3.8, 4) is 0 Å². The molecule has 0 atom stereocenters. The Morgan fingerprint density at radius 3 is 2.71 bits per heavy atom. The van der Waals surface area contributed by atoms with Crippen molar-refractivity contribution in [3.05, 3.63) is 0 Å². The Labute approximate surface area is 106 Å². The van der Waals surface area contributed by atoms with E-state index in [2.05, 4.69) is 10.5 Å². The molecule has 17 heavy (non-hydrogen) atoms. The molecule has 1 rings (SSSR count). The number of nitrogens with zero attached hydrogens (tertiary/aromatic N) is 1.